The molecule has 152 valence electrons. The highest BCUT2D eigenvalue weighted by molar-refractivity contribution is 5.78. The summed E-state index contributed by atoms with van der Waals surface area (Å²) in [6.07, 6.45) is 0.776. The first-order valence-electron chi connectivity index (χ1n) is 9.42. The molecule has 1 aliphatic rings. The topological polar surface area (TPSA) is 99.0 Å². The molecule has 0 saturated carbocycles. The second kappa shape index (κ2) is 7.89. The van der Waals surface area contributed by atoms with Crippen LogP contribution >= 0.6 is 0 Å². The predicted octanol–water partition coefficient (Wildman–Crippen LogP) is 2.00. The summed E-state index contributed by atoms with van der Waals surface area (Å²) in [5, 5.41) is 20.1. The third-order valence-electron chi connectivity index (χ3n) is 5.14. The van der Waals surface area contributed by atoms with Crippen molar-refractivity contribution in [2.45, 2.75) is 44.9 Å². The lowest BCUT2D eigenvalue weighted by Crippen LogP contribution is -2.55. The first-order chi connectivity index (χ1) is 13.2. The van der Waals surface area contributed by atoms with Gasteiger partial charge in [0, 0.05) is 37.4 Å². The number of hydrogen-bond donors (Lipinski definition) is 2. The van der Waals surface area contributed by atoms with Crippen LogP contribution in [0.5, 0.6) is 5.88 Å². The van der Waals surface area contributed by atoms with Gasteiger partial charge in [0.15, 0.2) is 0 Å². The molecule has 2 N–H and O–H groups in total. The van der Waals surface area contributed by atoms with Gasteiger partial charge in [0.05, 0.1) is 30.3 Å². The Balaban J connectivity index is 1.72. The van der Waals surface area contributed by atoms with Gasteiger partial charge >= 0.3 is 6.09 Å². The van der Waals surface area contributed by atoms with Gasteiger partial charge in [-0.3, -0.25) is 14.8 Å². The molecule has 3 rings (SSSR count). The van der Waals surface area contributed by atoms with Gasteiger partial charge in [0.1, 0.15) is 0 Å². The number of aromatic nitrogens is 2. The van der Waals surface area contributed by atoms with Crippen molar-refractivity contribution in [2.75, 3.05) is 26.7 Å². The Bertz CT molecular complexity index is 852. The molecule has 28 heavy (non-hydrogen) atoms. The number of pyridine rings is 2. The molecule has 0 radical (unpaired) electrons. The summed E-state index contributed by atoms with van der Waals surface area (Å²) >= 11 is 0. The molecular weight excluding hydrogens is 360 g/mol. The van der Waals surface area contributed by atoms with Crippen LogP contribution in [0, 0.1) is 0 Å². The number of β-amino-alcohol motifs (C(OH)–C–C–N with tert-alkyl or cyclic N) is 1. The number of hydrogen-bond acceptors (Lipinski definition) is 6. The molecule has 0 spiro atoms. The van der Waals surface area contributed by atoms with Crippen LogP contribution in [0.1, 0.15) is 26.3 Å². The number of carbonyl (C=O) groups is 1. The van der Waals surface area contributed by atoms with Crippen LogP contribution in [0.2, 0.25) is 0 Å². The Morgan fingerprint density at radius 2 is 2.07 bits per heavy atom. The smallest absolute Gasteiger partial charge is 0.408 e. The molecule has 2 atom stereocenters. The number of rotatable bonds is 5. The predicted molar refractivity (Wildman–Crippen MR) is 106 cm³/mol. The maximum absolute atomic E-state index is 11.7. The second-order valence-corrected chi connectivity index (χ2v) is 8.16. The highest BCUT2D eigenvalue weighted by atomic mass is 16.5. The Kier molecular flexibility index (Phi) is 5.71. The standard InChI is InChI=1S/C20H28N4O4/c1-20(2,3)24(19(26)27)15-11-23(12-16(15)25)10-8-13-7-9-21-14-5-6-17(28-4)22-18(13)14/h5-7,9,15-16,25H,8,10-12H2,1-4H3,(H,26,27)/t15-,16-/m0/s1. The van der Waals surface area contributed by atoms with Crippen molar-refractivity contribution >= 4 is 17.1 Å². The van der Waals surface area contributed by atoms with Gasteiger partial charge < -0.3 is 14.9 Å². The van der Waals surface area contributed by atoms with E-state index >= 15 is 0 Å². The Labute approximate surface area is 164 Å². The van der Waals surface area contributed by atoms with E-state index in [-0.39, 0.29) is 0 Å². The van der Waals surface area contributed by atoms with Gasteiger partial charge in [-0.15, -0.1) is 0 Å². The number of ether oxygens (including phenoxy) is 1. The van der Waals surface area contributed by atoms with Crippen molar-refractivity contribution in [1.82, 2.24) is 19.8 Å². The van der Waals surface area contributed by atoms with Gasteiger partial charge in [-0.2, -0.15) is 0 Å². The lowest BCUT2D eigenvalue weighted by molar-refractivity contribution is 0.0297. The minimum Gasteiger partial charge on any atom is -0.481 e. The highest BCUT2D eigenvalue weighted by Crippen LogP contribution is 2.25. The van der Waals surface area contributed by atoms with E-state index in [0.29, 0.717) is 25.5 Å². The average molecular weight is 388 g/mol. The number of fused-ring (bicyclic) bond motifs is 1. The van der Waals surface area contributed by atoms with E-state index in [1.54, 1.807) is 19.4 Å². The quantitative estimate of drug-likeness (QED) is 0.808. The van der Waals surface area contributed by atoms with Gasteiger partial charge in [0.25, 0.3) is 0 Å². The molecule has 0 aromatic carbocycles. The number of aliphatic hydroxyl groups is 1. The molecule has 2 aromatic heterocycles. The summed E-state index contributed by atoms with van der Waals surface area (Å²) in [5.41, 5.74) is 2.09. The van der Waals surface area contributed by atoms with Crippen LogP contribution in [0.4, 0.5) is 4.79 Å². The van der Waals surface area contributed by atoms with E-state index in [2.05, 4.69) is 14.9 Å². The summed E-state index contributed by atoms with van der Waals surface area (Å²) in [6.45, 7) is 7.19. The first kappa shape index (κ1) is 20.3. The van der Waals surface area contributed by atoms with E-state index in [0.717, 1.165) is 23.0 Å². The average Bonchev–Trinajstić information content (AvgIpc) is 2.98. The molecule has 8 heteroatoms. The fraction of sp³-hybridized carbons (Fsp3) is 0.550. The molecule has 1 saturated heterocycles. The summed E-state index contributed by atoms with van der Waals surface area (Å²) in [6, 6.07) is 5.17. The summed E-state index contributed by atoms with van der Waals surface area (Å²) < 4.78 is 5.22. The van der Waals surface area contributed by atoms with Crippen molar-refractivity contribution < 1.29 is 19.7 Å². The van der Waals surface area contributed by atoms with E-state index in [9.17, 15) is 15.0 Å². The zero-order valence-corrected chi connectivity index (χ0v) is 16.8. The largest absolute Gasteiger partial charge is 0.481 e. The zero-order valence-electron chi connectivity index (χ0n) is 16.8. The van der Waals surface area contributed by atoms with Crippen LogP contribution in [-0.2, 0) is 6.42 Å². The highest BCUT2D eigenvalue weighted by Gasteiger charge is 2.42. The summed E-state index contributed by atoms with van der Waals surface area (Å²) in [5.74, 6) is 0.542. The van der Waals surface area contributed by atoms with Crippen LogP contribution < -0.4 is 4.74 Å². The van der Waals surface area contributed by atoms with E-state index in [1.165, 1.54) is 4.90 Å². The molecule has 3 heterocycles. The maximum atomic E-state index is 11.7. The lowest BCUT2D eigenvalue weighted by Gasteiger charge is -2.39. The summed E-state index contributed by atoms with van der Waals surface area (Å²) in [4.78, 5) is 24.1. The first-order valence-corrected chi connectivity index (χ1v) is 9.42. The molecular formula is C20H28N4O4. The molecule has 1 aliphatic heterocycles. The number of carboxylic acid groups (broad SMARTS) is 1. The number of aliphatic hydroxyl groups excluding tert-OH is 1. The minimum atomic E-state index is -1.00. The molecule has 1 amide bonds. The van der Waals surface area contributed by atoms with Crippen LogP contribution in [0.25, 0.3) is 11.0 Å². The molecule has 0 unspecified atom stereocenters. The SMILES string of the molecule is COc1ccc2nccc(CCN3C[C@H](O)[C@@H](N(C(=O)O)C(C)(C)C)C3)c2n1. The molecule has 0 bridgehead atoms. The maximum Gasteiger partial charge on any atom is 0.408 e. The third kappa shape index (κ3) is 4.18. The Morgan fingerprint density at radius 1 is 1.32 bits per heavy atom. The Morgan fingerprint density at radius 3 is 2.71 bits per heavy atom. The number of methoxy groups -OCH3 is 1. The fourth-order valence-corrected chi connectivity index (χ4v) is 3.86. The van der Waals surface area contributed by atoms with Crippen LogP contribution in [0.3, 0.4) is 0 Å². The van der Waals surface area contributed by atoms with Gasteiger partial charge in [-0.25, -0.2) is 9.78 Å². The van der Waals surface area contributed by atoms with Gasteiger partial charge in [-0.05, 0) is 44.9 Å². The van der Waals surface area contributed by atoms with E-state index < -0.39 is 23.8 Å². The second-order valence-electron chi connectivity index (χ2n) is 8.16. The number of likely N-dealkylation sites (tertiary alicyclic amines) is 1. The van der Waals surface area contributed by atoms with Crippen molar-refractivity contribution in [2.24, 2.45) is 0 Å². The Hall–Kier alpha value is -2.45. The lowest BCUT2D eigenvalue weighted by atomic mass is 10.0. The summed E-state index contributed by atoms with van der Waals surface area (Å²) in [7, 11) is 1.58. The van der Waals surface area contributed by atoms with Crippen molar-refractivity contribution in [3.8, 4) is 5.88 Å². The van der Waals surface area contributed by atoms with E-state index in [1.807, 2.05) is 32.9 Å². The van der Waals surface area contributed by atoms with Gasteiger partial charge in [-0.1, -0.05) is 0 Å². The number of amides is 1. The van der Waals surface area contributed by atoms with Gasteiger partial charge in [0.2, 0.25) is 5.88 Å². The fourth-order valence-electron chi connectivity index (χ4n) is 3.86. The molecule has 2 aromatic rings. The van der Waals surface area contributed by atoms with Crippen molar-refractivity contribution in [1.29, 1.82) is 0 Å². The van der Waals surface area contributed by atoms with E-state index in [4.69, 9.17) is 4.74 Å². The van der Waals surface area contributed by atoms with Crippen molar-refractivity contribution in [3.63, 3.8) is 0 Å². The van der Waals surface area contributed by atoms with Crippen LogP contribution in [-0.4, -0.2) is 80.5 Å². The molecule has 1 fully saturated rings. The van der Waals surface area contributed by atoms with Crippen LogP contribution in [0.15, 0.2) is 24.4 Å². The number of nitrogens with zero attached hydrogens (tertiary/aromatic N) is 4. The monoisotopic (exact) mass is 388 g/mol. The normalized spacial score (nSPS) is 20.5. The van der Waals surface area contributed by atoms with Crippen molar-refractivity contribution in [3.05, 3.63) is 30.0 Å². The third-order valence-corrected chi connectivity index (χ3v) is 5.14. The molecule has 8 nitrogen and oxygen atoms in total. The minimum absolute atomic E-state index is 0.440. The zero-order chi connectivity index (χ0) is 20.5. The molecule has 0 aliphatic carbocycles.